The third-order valence-electron chi connectivity index (χ3n) is 5.48. The van der Waals surface area contributed by atoms with Gasteiger partial charge in [0.15, 0.2) is 0 Å². The Morgan fingerprint density at radius 1 is 1.26 bits per heavy atom. The van der Waals surface area contributed by atoms with Crippen molar-refractivity contribution >= 4 is 5.97 Å². The molecule has 4 aliphatic carbocycles. The zero-order valence-corrected chi connectivity index (χ0v) is 11.0. The van der Waals surface area contributed by atoms with E-state index in [2.05, 4.69) is 10.3 Å². The van der Waals surface area contributed by atoms with E-state index >= 15 is 0 Å². The first kappa shape index (κ1) is 11.4. The molecule has 5 nitrogen and oxygen atoms in total. The van der Waals surface area contributed by atoms with Crippen LogP contribution in [0.15, 0.2) is 6.20 Å². The molecule has 1 heterocycles. The van der Waals surface area contributed by atoms with Gasteiger partial charge in [0.25, 0.3) is 0 Å². The highest BCUT2D eigenvalue weighted by atomic mass is 16.4. The zero-order valence-electron chi connectivity index (χ0n) is 11.0. The Kier molecular flexibility index (Phi) is 2.29. The van der Waals surface area contributed by atoms with Gasteiger partial charge in [0.05, 0.1) is 11.9 Å². The molecule has 4 bridgehead atoms. The van der Waals surface area contributed by atoms with Gasteiger partial charge >= 0.3 is 5.97 Å². The van der Waals surface area contributed by atoms with Crippen LogP contribution in [0.4, 0.5) is 0 Å². The van der Waals surface area contributed by atoms with Crippen molar-refractivity contribution < 1.29 is 9.90 Å². The maximum absolute atomic E-state index is 11.0. The number of carboxylic acid groups (broad SMARTS) is 1. The summed E-state index contributed by atoms with van der Waals surface area (Å²) in [6.07, 6.45) is 9.62. The molecule has 1 N–H and O–H groups in total. The fourth-order valence-corrected chi connectivity index (χ4v) is 5.34. The third kappa shape index (κ3) is 1.70. The van der Waals surface area contributed by atoms with Crippen molar-refractivity contribution in [3.63, 3.8) is 0 Å². The minimum atomic E-state index is -0.837. The topological polar surface area (TPSA) is 68.0 Å². The minimum Gasteiger partial charge on any atom is -0.480 e. The highest BCUT2D eigenvalue weighted by molar-refractivity contribution is 5.66. The second-order valence-corrected chi connectivity index (χ2v) is 6.87. The van der Waals surface area contributed by atoms with Crippen LogP contribution in [-0.4, -0.2) is 26.1 Å². The van der Waals surface area contributed by atoms with Crippen LogP contribution in [0.2, 0.25) is 0 Å². The Bertz CT molecular complexity index is 487. The van der Waals surface area contributed by atoms with E-state index in [9.17, 15) is 4.79 Å². The van der Waals surface area contributed by atoms with Crippen molar-refractivity contribution in [2.75, 3.05) is 0 Å². The molecule has 0 amide bonds. The summed E-state index contributed by atoms with van der Waals surface area (Å²) >= 11 is 0. The molecule has 4 saturated carbocycles. The van der Waals surface area contributed by atoms with E-state index in [0.29, 0.717) is 0 Å². The molecule has 19 heavy (non-hydrogen) atoms. The Labute approximate surface area is 112 Å². The molecular formula is C14H19N3O2. The average molecular weight is 261 g/mol. The second-order valence-electron chi connectivity index (χ2n) is 6.87. The zero-order chi connectivity index (χ0) is 13.0. The molecule has 0 unspecified atom stereocenters. The van der Waals surface area contributed by atoms with Crippen molar-refractivity contribution in [3.8, 4) is 0 Å². The SMILES string of the molecule is O=C(O)Cn1nncc1C12CC3CC(CC(C3)C1)C2. The van der Waals surface area contributed by atoms with Gasteiger partial charge in [0.1, 0.15) is 6.54 Å². The summed E-state index contributed by atoms with van der Waals surface area (Å²) in [6, 6.07) is 0. The van der Waals surface area contributed by atoms with Gasteiger partial charge in [0.2, 0.25) is 0 Å². The predicted octanol–water partition coefficient (Wildman–Crippen LogP) is 1.83. The van der Waals surface area contributed by atoms with E-state index in [0.717, 1.165) is 23.4 Å². The van der Waals surface area contributed by atoms with Gasteiger partial charge in [0, 0.05) is 5.41 Å². The second kappa shape index (κ2) is 3.81. The normalized spacial score (nSPS) is 39.7. The van der Waals surface area contributed by atoms with Crippen molar-refractivity contribution in [2.45, 2.75) is 50.5 Å². The van der Waals surface area contributed by atoms with Gasteiger partial charge in [-0.25, -0.2) is 4.68 Å². The van der Waals surface area contributed by atoms with E-state index in [1.165, 1.54) is 38.5 Å². The summed E-state index contributed by atoms with van der Waals surface area (Å²) in [4.78, 5) is 11.0. The lowest BCUT2D eigenvalue weighted by atomic mass is 9.49. The maximum Gasteiger partial charge on any atom is 0.325 e. The van der Waals surface area contributed by atoms with Crippen LogP contribution < -0.4 is 0 Å². The highest BCUT2D eigenvalue weighted by Crippen LogP contribution is 2.60. The molecule has 0 atom stereocenters. The fourth-order valence-electron chi connectivity index (χ4n) is 5.34. The van der Waals surface area contributed by atoms with Gasteiger partial charge in [-0.1, -0.05) is 5.21 Å². The summed E-state index contributed by atoms with van der Waals surface area (Å²) in [5.74, 6) is 1.70. The third-order valence-corrected chi connectivity index (χ3v) is 5.48. The predicted molar refractivity (Wildman–Crippen MR) is 67.5 cm³/mol. The molecule has 0 spiro atoms. The summed E-state index contributed by atoms with van der Waals surface area (Å²) in [6.45, 7) is -0.0584. The van der Waals surface area contributed by atoms with Crippen LogP contribution >= 0.6 is 0 Å². The van der Waals surface area contributed by atoms with Crippen LogP contribution in [0.25, 0.3) is 0 Å². The number of nitrogens with zero attached hydrogens (tertiary/aromatic N) is 3. The van der Waals surface area contributed by atoms with E-state index < -0.39 is 5.97 Å². The lowest BCUT2D eigenvalue weighted by Gasteiger charge is -2.56. The van der Waals surface area contributed by atoms with Gasteiger partial charge in [-0.15, -0.1) is 5.10 Å². The van der Waals surface area contributed by atoms with Crippen LogP contribution in [0.1, 0.15) is 44.2 Å². The standard InChI is InChI=1S/C14H19N3O2/c18-13(19)8-17-12(7-15-16-17)14-4-9-1-10(5-14)3-11(2-9)6-14/h7,9-11H,1-6,8H2,(H,18,19). The molecule has 4 aliphatic rings. The average Bonchev–Trinajstić information content (AvgIpc) is 2.74. The summed E-state index contributed by atoms with van der Waals surface area (Å²) in [5.41, 5.74) is 1.25. The molecule has 0 aliphatic heterocycles. The first-order valence-electron chi connectivity index (χ1n) is 7.25. The Morgan fingerprint density at radius 3 is 2.37 bits per heavy atom. The minimum absolute atomic E-state index is 0.0584. The summed E-state index contributed by atoms with van der Waals surface area (Å²) < 4.78 is 1.62. The first-order chi connectivity index (χ1) is 9.14. The number of aliphatic carboxylic acids is 1. The van der Waals surface area contributed by atoms with Gasteiger partial charge in [-0.05, 0) is 56.3 Å². The molecule has 4 fully saturated rings. The Morgan fingerprint density at radius 2 is 1.84 bits per heavy atom. The van der Waals surface area contributed by atoms with Crippen molar-refractivity contribution in [1.29, 1.82) is 0 Å². The monoisotopic (exact) mass is 261 g/mol. The number of carbonyl (C=O) groups is 1. The quantitative estimate of drug-likeness (QED) is 0.901. The summed E-state index contributed by atoms with van der Waals surface area (Å²) in [7, 11) is 0. The largest absolute Gasteiger partial charge is 0.480 e. The summed E-state index contributed by atoms with van der Waals surface area (Å²) in [5, 5.41) is 17.0. The Balaban J connectivity index is 1.72. The van der Waals surface area contributed by atoms with Crippen molar-refractivity contribution in [2.24, 2.45) is 17.8 Å². The van der Waals surface area contributed by atoms with Crippen LogP contribution in [-0.2, 0) is 16.8 Å². The molecule has 0 radical (unpaired) electrons. The number of carboxylic acids is 1. The molecule has 0 saturated heterocycles. The van der Waals surface area contributed by atoms with E-state index in [1.807, 2.05) is 6.20 Å². The number of rotatable bonds is 3. The first-order valence-corrected chi connectivity index (χ1v) is 7.25. The van der Waals surface area contributed by atoms with Gasteiger partial charge in [-0.3, -0.25) is 4.79 Å². The van der Waals surface area contributed by atoms with Crippen molar-refractivity contribution in [3.05, 3.63) is 11.9 Å². The molecule has 1 aromatic rings. The van der Waals surface area contributed by atoms with Crippen LogP contribution in [0.5, 0.6) is 0 Å². The molecule has 0 aromatic carbocycles. The van der Waals surface area contributed by atoms with E-state index in [1.54, 1.807) is 4.68 Å². The van der Waals surface area contributed by atoms with E-state index in [4.69, 9.17) is 5.11 Å². The smallest absolute Gasteiger partial charge is 0.325 e. The van der Waals surface area contributed by atoms with Crippen LogP contribution in [0.3, 0.4) is 0 Å². The molecular weight excluding hydrogens is 242 g/mol. The molecule has 102 valence electrons. The molecule has 5 rings (SSSR count). The molecule has 1 aromatic heterocycles. The van der Waals surface area contributed by atoms with Crippen LogP contribution in [0, 0.1) is 17.8 Å². The fraction of sp³-hybridized carbons (Fsp3) is 0.786. The number of aromatic nitrogens is 3. The maximum atomic E-state index is 11.0. The lowest BCUT2D eigenvalue weighted by Crippen LogP contribution is -2.49. The van der Waals surface area contributed by atoms with Gasteiger partial charge in [-0.2, -0.15) is 0 Å². The Hall–Kier alpha value is -1.39. The van der Waals surface area contributed by atoms with E-state index in [-0.39, 0.29) is 12.0 Å². The number of hydrogen-bond acceptors (Lipinski definition) is 3. The lowest BCUT2D eigenvalue weighted by molar-refractivity contribution is -0.138. The van der Waals surface area contributed by atoms with Gasteiger partial charge < -0.3 is 5.11 Å². The molecule has 5 heteroatoms. The highest BCUT2D eigenvalue weighted by Gasteiger charge is 2.53. The number of hydrogen-bond donors (Lipinski definition) is 1. The van der Waals surface area contributed by atoms with Crippen molar-refractivity contribution in [1.82, 2.24) is 15.0 Å².